The summed E-state index contributed by atoms with van der Waals surface area (Å²) in [7, 11) is 0. The van der Waals surface area contributed by atoms with Gasteiger partial charge in [0.2, 0.25) is 5.95 Å². The van der Waals surface area contributed by atoms with Gasteiger partial charge in [0, 0.05) is 18.2 Å². The van der Waals surface area contributed by atoms with Crippen LogP contribution in [0.4, 0.5) is 11.8 Å². The Morgan fingerprint density at radius 3 is 2.50 bits per heavy atom. The Morgan fingerprint density at radius 2 is 1.84 bits per heavy atom. The number of nitrogens with zero attached hydrogens (tertiary/aromatic N) is 3. The zero-order valence-corrected chi connectivity index (χ0v) is 19.0. The average molecular weight is 456 g/mol. The Balaban J connectivity index is 1.49. The number of para-hydroxylation sites is 1. The molecular weight excluding hydrogens is 426 g/mol. The number of benzene rings is 1. The lowest BCUT2D eigenvalue weighted by molar-refractivity contribution is -0.0601. The summed E-state index contributed by atoms with van der Waals surface area (Å²) in [6, 6.07) is 7.87. The van der Waals surface area contributed by atoms with Crippen molar-refractivity contribution in [3.8, 4) is 10.6 Å². The van der Waals surface area contributed by atoms with Gasteiger partial charge in [0.15, 0.2) is 0 Å². The molecule has 5 rings (SSSR count). The molecule has 1 aromatic carbocycles. The van der Waals surface area contributed by atoms with Crippen molar-refractivity contribution in [1.29, 1.82) is 0 Å². The van der Waals surface area contributed by atoms with Gasteiger partial charge in [0.1, 0.15) is 16.9 Å². The summed E-state index contributed by atoms with van der Waals surface area (Å²) in [6.45, 7) is 3.32. The molecule has 2 aliphatic carbocycles. The molecular formula is C23H29N5O3S. The van der Waals surface area contributed by atoms with Crippen molar-refractivity contribution in [2.45, 2.75) is 69.4 Å². The van der Waals surface area contributed by atoms with E-state index in [4.69, 9.17) is 9.97 Å². The van der Waals surface area contributed by atoms with Crippen molar-refractivity contribution in [2.75, 3.05) is 10.6 Å². The fourth-order valence-electron chi connectivity index (χ4n) is 4.50. The van der Waals surface area contributed by atoms with Crippen molar-refractivity contribution in [1.82, 2.24) is 15.0 Å². The minimum atomic E-state index is -1.10. The summed E-state index contributed by atoms with van der Waals surface area (Å²) in [4.78, 5) is 14.0. The van der Waals surface area contributed by atoms with Crippen LogP contribution in [0.2, 0.25) is 0 Å². The second-order valence-corrected chi connectivity index (χ2v) is 10.5. The van der Waals surface area contributed by atoms with Crippen LogP contribution in [-0.2, 0) is 0 Å². The van der Waals surface area contributed by atoms with Crippen LogP contribution in [0.15, 0.2) is 30.5 Å². The van der Waals surface area contributed by atoms with Gasteiger partial charge in [-0.25, -0.2) is 9.97 Å². The molecule has 0 spiro atoms. The van der Waals surface area contributed by atoms with Gasteiger partial charge in [-0.15, -0.1) is 11.3 Å². The first-order valence-corrected chi connectivity index (χ1v) is 12.0. The first kappa shape index (κ1) is 21.5. The van der Waals surface area contributed by atoms with E-state index in [0.29, 0.717) is 24.2 Å². The van der Waals surface area contributed by atoms with E-state index in [1.165, 1.54) is 6.42 Å². The number of aromatic nitrogens is 3. The largest absolute Gasteiger partial charge is 0.390 e. The van der Waals surface area contributed by atoms with E-state index >= 15 is 0 Å². The van der Waals surface area contributed by atoms with E-state index in [1.54, 1.807) is 31.4 Å². The van der Waals surface area contributed by atoms with Crippen LogP contribution in [0.3, 0.4) is 0 Å². The molecule has 3 aromatic rings. The number of nitrogens with one attached hydrogen (secondary N) is 2. The van der Waals surface area contributed by atoms with Crippen molar-refractivity contribution < 1.29 is 15.3 Å². The molecule has 2 heterocycles. The number of fused-ring (bicyclic) bond motifs is 1. The summed E-state index contributed by atoms with van der Waals surface area (Å²) < 4.78 is 1.07. The van der Waals surface area contributed by atoms with Gasteiger partial charge in [0.25, 0.3) is 0 Å². The molecule has 0 radical (unpaired) electrons. The number of aliphatic hydroxyl groups excluding tert-OH is 2. The lowest BCUT2D eigenvalue weighted by atomic mass is 9.88. The molecule has 0 bridgehead atoms. The van der Waals surface area contributed by atoms with Crippen LogP contribution in [0.25, 0.3) is 20.8 Å². The Hall–Kier alpha value is -2.33. The number of anilines is 2. The first-order valence-electron chi connectivity index (χ1n) is 11.1. The van der Waals surface area contributed by atoms with Gasteiger partial charge in [-0.2, -0.15) is 4.98 Å². The number of hydrogen-bond donors (Lipinski definition) is 5. The third-order valence-corrected chi connectivity index (χ3v) is 7.73. The smallest absolute Gasteiger partial charge is 0.224 e. The highest BCUT2D eigenvalue weighted by molar-refractivity contribution is 7.21. The first-order chi connectivity index (χ1) is 15.3. The standard InChI is InChI=1S/C23H29N5O3S/c1-23(2,31)14-10-16(19(30)18(14)29)26-20-13(11-24-22(28-20)25-12-6-5-7-12)21-27-15-8-3-4-9-17(15)32-21/h3-4,8-9,11-12,14,16,18-19,29-31H,5-7,10H2,1-2H3,(H2,24,25,26,28). The normalized spacial score (nSPS) is 26.3. The summed E-state index contributed by atoms with van der Waals surface area (Å²) in [5.74, 6) is 0.651. The lowest BCUT2D eigenvalue weighted by Gasteiger charge is -2.28. The summed E-state index contributed by atoms with van der Waals surface area (Å²) in [6.07, 6.45) is 3.55. The monoisotopic (exact) mass is 455 g/mol. The predicted octanol–water partition coefficient (Wildman–Crippen LogP) is 3.01. The molecule has 9 heteroatoms. The van der Waals surface area contributed by atoms with E-state index in [1.807, 2.05) is 24.3 Å². The lowest BCUT2D eigenvalue weighted by Crippen LogP contribution is -2.40. The van der Waals surface area contributed by atoms with E-state index in [9.17, 15) is 15.3 Å². The molecule has 170 valence electrons. The molecule has 2 saturated carbocycles. The average Bonchev–Trinajstić information content (AvgIpc) is 3.27. The van der Waals surface area contributed by atoms with Crippen LogP contribution >= 0.6 is 11.3 Å². The fourth-order valence-corrected chi connectivity index (χ4v) is 5.47. The van der Waals surface area contributed by atoms with Crippen LogP contribution < -0.4 is 10.6 Å². The molecule has 2 aliphatic rings. The summed E-state index contributed by atoms with van der Waals surface area (Å²) in [5.41, 5.74) is 0.558. The highest BCUT2D eigenvalue weighted by Crippen LogP contribution is 2.39. The van der Waals surface area contributed by atoms with Gasteiger partial charge in [-0.1, -0.05) is 12.1 Å². The minimum absolute atomic E-state index is 0.384. The van der Waals surface area contributed by atoms with Gasteiger partial charge < -0.3 is 26.0 Å². The molecule has 32 heavy (non-hydrogen) atoms. The second kappa shape index (κ2) is 8.22. The van der Waals surface area contributed by atoms with E-state index in [-0.39, 0.29) is 0 Å². The van der Waals surface area contributed by atoms with E-state index in [2.05, 4.69) is 15.6 Å². The highest BCUT2D eigenvalue weighted by atomic mass is 32.1. The Morgan fingerprint density at radius 1 is 1.06 bits per heavy atom. The third-order valence-electron chi connectivity index (χ3n) is 6.66. The maximum Gasteiger partial charge on any atom is 0.224 e. The summed E-state index contributed by atoms with van der Waals surface area (Å²) in [5, 5.41) is 39.2. The molecule has 2 aromatic heterocycles. The molecule has 4 atom stereocenters. The minimum Gasteiger partial charge on any atom is -0.390 e. The quantitative estimate of drug-likeness (QED) is 0.384. The van der Waals surface area contributed by atoms with Crippen molar-refractivity contribution in [2.24, 2.45) is 5.92 Å². The molecule has 2 fully saturated rings. The Kier molecular flexibility index (Phi) is 5.53. The van der Waals surface area contributed by atoms with Crippen LogP contribution in [0.5, 0.6) is 0 Å². The fraction of sp³-hybridized carbons (Fsp3) is 0.522. The Labute approximate surface area is 190 Å². The molecule has 0 saturated heterocycles. The number of rotatable bonds is 6. The van der Waals surface area contributed by atoms with Gasteiger partial charge >= 0.3 is 0 Å². The second-order valence-electron chi connectivity index (χ2n) is 9.44. The van der Waals surface area contributed by atoms with Gasteiger partial charge in [-0.3, -0.25) is 0 Å². The van der Waals surface area contributed by atoms with Gasteiger partial charge in [0.05, 0.1) is 33.5 Å². The molecule has 0 aliphatic heterocycles. The van der Waals surface area contributed by atoms with E-state index in [0.717, 1.165) is 33.6 Å². The van der Waals surface area contributed by atoms with Crippen LogP contribution in [-0.4, -0.2) is 60.2 Å². The molecule has 5 N–H and O–H groups in total. The van der Waals surface area contributed by atoms with Crippen LogP contribution in [0.1, 0.15) is 39.5 Å². The zero-order chi connectivity index (χ0) is 22.5. The number of hydrogen-bond acceptors (Lipinski definition) is 9. The number of thiazole rings is 1. The number of aliphatic hydroxyl groups is 3. The van der Waals surface area contributed by atoms with Crippen molar-refractivity contribution in [3.63, 3.8) is 0 Å². The SMILES string of the molecule is CC(C)(O)C1CC(Nc2nc(NC3CCC3)ncc2-c2nc3ccccc3s2)C(O)C1O. The van der Waals surface area contributed by atoms with Crippen LogP contribution in [0, 0.1) is 5.92 Å². The Bertz CT molecular complexity index is 1080. The van der Waals surface area contributed by atoms with Crippen molar-refractivity contribution in [3.05, 3.63) is 30.5 Å². The highest BCUT2D eigenvalue weighted by Gasteiger charge is 2.47. The third kappa shape index (κ3) is 4.05. The maximum absolute atomic E-state index is 10.7. The molecule has 0 amide bonds. The zero-order valence-electron chi connectivity index (χ0n) is 18.2. The maximum atomic E-state index is 10.7. The summed E-state index contributed by atoms with van der Waals surface area (Å²) >= 11 is 1.56. The molecule has 8 nitrogen and oxygen atoms in total. The molecule has 4 unspecified atom stereocenters. The van der Waals surface area contributed by atoms with E-state index < -0.39 is 29.8 Å². The van der Waals surface area contributed by atoms with Crippen molar-refractivity contribution >= 4 is 33.3 Å². The predicted molar refractivity (Wildman–Crippen MR) is 126 cm³/mol. The topological polar surface area (TPSA) is 123 Å². The van der Waals surface area contributed by atoms with Gasteiger partial charge in [-0.05, 0) is 51.7 Å².